The lowest BCUT2D eigenvalue weighted by atomic mass is 10.2. The summed E-state index contributed by atoms with van der Waals surface area (Å²) in [4.78, 5) is 24.4. The molecule has 2 aromatic heterocycles. The van der Waals surface area contributed by atoms with Gasteiger partial charge in [0.25, 0.3) is 5.56 Å². The minimum absolute atomic E-state index is 0.0296. The highest BCUT2D eigenvalue weighted by molar-refractivity contribution is 7.18. The molecule has 4 rings (SSSR count). The minimum atomic E-state index is -0.0296. The SMILES string of the molecule is Cc1sc2nc(CN3CCCNc4ccccc43)[nH]c(=O)c2c1C. The number of hydrogen-bond donors (Lipinski definition) is 2. The topological polar surface area (TPSA) is 61.0 Å². The summed E-state index contributed by atoms with van der Waals surface area (Å²) >= 11 is 1.60. The van der Waals surface area contributed by atoms with Crippen LogP contribution in [0.5, 0.6) is 0 Å². The predicted octanol–water partition coefficient (Wildman–Crippen LogP) is 3.42. The summed E-state index contributed by atoms with van der Waals surface area (Å²) in [5.74, 6) is 0.727. The number of nitrogens with one attached hydrogen (secondary N) is 2. The van der Waals surface area contributed by atoms with Crippen molar-refractivity contribution in [2.24, 2.45) is 0 Å². The van der Waals surface area contributed by atoms with Crippen molar-refractivity contribution in [1.29, 1.82) is 0 Å². The van der Waals surface area contributed by atoms with Crippen LogP contribution in [0.25, 0.3) is 10.2 Å². The van der Waals surface area contributed by atoms with Gasteiger partial charge in [0.1, 0.15) is 10.7 Å². The smallest absolute Gasteiger partial charge is 0.259 e. The van der Waals surface area contributed by atoms with E-state index in [2.05, 4.69) is 27.3 Å². The van der Waals surface area contributed by atoms with Crippen LogP contribution in [0.1, 0.15) is 22.7 Å². The highest BCUT2D eigenvalue weighted by Gasteiger charge is 2.17. The second kappa shape index (κ2) is 5.94. The Morgan fingerprint density at radius 1 is 1.29 bits per heavy atom. The zero-order valence-electron chi connectivity index (χ0n) is 13.8. The highest BCUT2D eigenvalue weighted by Crippen LogP contribution is 2.30. The van der Waals surface area contributed by atoms with Crippen LogP contribution in [0, 0.1) is 13.8 Å². The number of fused-ring (bicyclic) bond motifs is 2. The zero-order chi connectivity index (χ0) is 16.7. The van der Waals surface area contributed by atoms with Gasteiger partial charge in [-0.05, 0) is 38.0 Å². The van der Waals surface area contributed by atoms with Crippen molar-refractivity contribution in [2.45, 2.75) is 26.8 Å². The van der Waals surface area contributed by atoms with Crippen molar-refractivity contribution in [3.63, 3.8) is 0 Å². The standard InChI is InChI=1S/C18H20N4OS/c1-11-12(2)24-18-16(11)17(23)20-15(21-18)10-22-9-5-8-19-13-6-3-4-7-14(13)22/h3-4,6-7,19H,5,8-10H2,1-2H3,(H,20,21,23). The maximum absolute atomic E-state index is 12.5. The summed E-state index contributed by atoms with van der Waals surface area (Å²) in [7, 11) is 0. The predicted molar refractivity (Wildman–Crippen MR) is 100 cm³/mol. The van der Waals surface area contributed by atoms with E-state index in [1.807, 2.05) is 26.0 Å². The first-order valence-electron chi connectivity index (χ1n) is 8.20. The van der Waals surface area contributed by atoms with E-state index in [1.165, 1.54) is 0 Å². The van der Waals surface area contributed by atoms with E-state index in [0.29, 0.717) is 6.54 Å². The molecule has 0 atom stereocenters. The molecule has 0 bridgehead atoms. The van der Waals surface area contributed by atoms with E-state index >= 15 is 0 Å². The summed E-state index contributed by atoms with van der Waals surface area (Å²) < 4.78 is 0. The third-order valence-corrected chi connectivity index (χ3v) is 5.69. The molecule has 24 heavy (non-hydrogen) atoms. The maximum Gasteiger partial charge on any atom is 0.259 e. The molecule has 124 valence electrons. The van der Waals surface area contributed by atoms with Gasteiger partial charge in [-0.15, -0.1) is 11.3 Å². The molecule has 0 saturated carbocycles. The van der Waals surface area contributed by atoms with E-state index in [4.69, 9.17) is 4.98 Å². The first-order valence-corrected chi connectivity index (χ1v) is 9.02. The Bertz CT molecular complexity index is 959. The Morgan fingerprint density at radius 3 is 3.00 bits per heavy atom. The largest absolute Gasteiger partial charge is 0.383 e. The number of benzene rings is 1. The normalized spacial score (nSPS) is 14.3. The Hall–Kier alpha value is -2.34. The third kappa shape index (κ3) is 2.57. The van der Waals surface area contributed by atoms with Crippen LogP contribution in [-0.2, 0) is 6.54 Å². The molecule has 2 N–H and O–H groups in total. The fourth-order valence-corrected chi connectivity index (χ4v) is 4.28. The summed E-state index contributed by atoms with van der Waals surface area (Å²) in [6, 6.07) is 8.30. The Labute approximate surface area is 144 Å². The number of H-pyrrole nitrogens is 1. The lowest BCUT2D eigenvalue weighted by Crippen LogP contribution is -2.26. The van der Waals surface area contributed by atoms with E-state index < -0.39 is 0 Å². The Balaban J connectivity index is 1.73. The maximum atomic E-state index is 12.5. The molecule has 0 radical (unpaired) electrons. The van der Waals surface area contributed by atoms with Gasteiger partial charge < -0.3 is 15.2 Å². The highest BCUT2D eigenvalue weighted by atomic mass is 32.1. The quantitative estimate of drug-likeness (QED) is 0.750. The van der Waals surface area contributed by atoms with Crippen LogP contribution >= 0.6 is 11.3 Å². The number of para-hydroxylation sites is 2. The molecule has 6 heteroatoms. The van der Waals surface area contributed by atoms with E-state index in [1.54, 1.807) is 11.3 Å². The fourth-order valence-electron chi connectivity index (χ4n) is 3.23. The molecule has 1 aromatic carbocycles. The van der Waals surface area contributed by atoms with Crippen molar-refractivity contribution in [3.05, 3.63) is 50.9 Å². The Morgan fingerprint density at radius 2 is 2.12 bits per heavy atom. The van der Waals surface area contributed by atoms with Crippen LogP contribution < -0.4 is 15.8 Å². The molecular formula is C18H20N4OS. The average Bonchev–Trinajstić information content (AvgIpc) is 2.74. The van der Waals surface area contributed by atoms with Crippen LogP contribution in [0.4, 0.5) is 11.4 Å². The van der Waals surface area contributed by atoms with Crippen LogP contribution in [-0.4, -0.2) is 23.1 Å². The summed E-state index contributed by atoms with van der Waals surface area (Å²) in [5.41, 5.74) is 3.32. The number of aromatic amines is 1. The summed E-state index contributed by atoms with van der Waals surface area (Å²) in [5, 5.41) is 4.20. The van der Waals surface area contributed by atoms with E-state index in [9.17, 15) is 4.79 Å². The van der Waals surface area contributed by atoms with Crippen molar-refractivity contribution in [3.8, 4) is 0 Å². The molecule has 1 aliphatic rings. The van der Waals surface area contributed by atoms with Gasteiger partial charge in [0.2, 0.25) is 0 Å². The molecule has 1 aliphatic heterocycles. The number of hydrogen-bond acceptors (Lipinski definition) is 5. The third-order valence-electron chi connectivity index (χ3n) is 4.59. The molecule has 0 amide bonds. The van der Waals surface area contributed by atoms with Crippen molar-refractivity contribution in [2.75, 3.05) is 23.3 Å². The van der Waals surface area contributed by atoms with Gasteiger partial charge in [0.15, 0.2) is 0 Å². The minimum Gasteiger partial charge on any atom is -0.383 e. The first-order chi connectivity index (χ1) is 11.6. The van der Waals surface area contributed by atoms with Crippen LogP contribution in [0.15, 0.2) is 29.1 Å². The molecule has 0 saturated heterocycles. The van der Waals surface area contributed by atoms with Gasteiger partial charge >= 0.3 is 0 Å². The van der Waals surface area contributed by atoms with Crippen molar-refractivity contribution < 1.29 is 0 Å². The number of aryl methyl sites for hydroxylation is 2. The van der Waals surface area contributed by atoms with Gasteiger partial charge in [0, 0.05) is 18.0 Å². The molecule has 5 nitrogen and oxygen atoms in total. The molecule has 0 aliphatic carbocycles. The Kier molecular flexibility index (Phi) is 3.76. The molecule has 3 heterocycles. The second-order valence-corrected chi connectivity index (χ2v) is 7.40. The van der Waals surface area contributed by atoms with Crippen LogP contribution in [0.3, 0.4) is 0 Å². The van der Waals surface area contributed by atoms with Crippen molar-refractivity contribution in [1.82, 2.24) is 9.97 Å². The number of thiophene rings is 1. The monoisotopic (exact) mass is 340 g/mol. The molecule has 0 fully saturated rings. The molecular weight excluding hydrogens is 320 g/mol. The molecule has 3 aromatic rings. The van der Waals surface area contributed by atoms with Crippen LogP contribution in [0.2, 0.25) is 0 Å². The van der Waals surface area contributed by atoms with Gasteiger partial charge in [-0.25, -0.2) is 4.98 Å². The lowest BCUT2D eigenvalue weighted by molar-refractivity contribution is 0.736. The number of rotatable bonds is 2. The summed E-state index contributed by atoms with van der Waals surface area (Å²) in [6.45, 7) is 6.53. The lowest BCUT2D eigenvalue weighted by Gasteiger charge is -2.23. The van der Waals surface area contributed by atoms with Crippen molar-refractivity contribution >= 4 is 32.9 Å². The number of anilines is 2. The number of nitrogens with zero attached hydrogens (tertiary/aromatic N) is 2. The molecule has 0 spiro atoms. The zero-order valence-corrected chi connectivity index (χ0v) is 14.7. The average molecular weight is 340 g/mol. The fraction of sp³-hybridized carbons (Fsp3) is 0.333. The van der Waals surface area contributed by atoms with Gasteiger partial charge in [-0.3, -0.25) is 4.79 Å². The summed E-state index contributed by atoms with van der Waals surface area (Å²) in [6.07, 6.45) is 1.05. The van der Waals surface area contributed by atoms with E-state index in [0.717, 1.165) is 57.4 Å². The van der Waals surface area contributed by atoms with Gasteiger partial charge in [-0.2, -0.15) is 0 Å². The number of aromatic nitrogens is 2. The van der Waals surface area contributed by atoms with Gasteiger partial charge in [-0.1, -0.05) is 12.1 Å². The first kappa shape index (κ1) is 15.2. The van der Waals surface area contributed by atoms with E-state index in [-0.39, 0.29) is 5.56 Å². The molecule has 0 unspecified atom stereocenters. The second-order valence-electron chi connectivity index (χ2n) is 6.20. The van der Waals surface area contributed by atoms with Gasteiger partial charge in [0.05, 0.1) is 23.3 Å².